The van der Waals surface area contributed by atoms with E-state index in [4.69, 9.17) is 20.9 Å². The molecule has 27 heavy (non-hydrogen) atoms. The van der Waals surface area contributed by atoms with Gasteiger partial charge < -0.3 is 14.6 Å². The van der Waals surface area contributed by atoms with Crippen molar-refractivity contribution >= 4 is 17.5 Å². The first-order chi connectivity index (χ1) is 13.0. The molecular formula is C21H21ClN2O3. The van der Waals surface area contributed by atoms with Crippen LogP contribution in [0.5, 0.6) is 5.75 Å². The van der Waals surface area contributed by atoms with E-state index in [1.165, 1.54) is 0 Å². The van der Waals surface area contributed by atoms with E-state index in [-0.39, 0.29) is 18.6 Å². The summed E-state index contributed by atoms with van der Waals surface area (Å²) in [4.78, 5) is 12.8. The maximum atomic E-state index is 12.8. The molecule has 0 aliphatic rings. The molecule has 0 saturated carbocycles. The Hall–Kier alpha value is -2.79. The predicted molar refractivity (Wildman–Crippen MR) is 104 cm³/mol. The standard InChI is InChI=1S/C21H21ClN2O3/c1-13(16-7-6-8-17(22)11-16)23-21(25)18-9-4-5-10-20(18)26-12-19-14(2)24-27-15(19)3/h4-11,13H,12H2,1-3H3,(H,23,25). The molecule has 1 amide bonds. The summed E-state index contributed by atoms with van der Waals surface area (Å²) in [5.41, 5.74) is 3.07. The lowest BCUT2D eigenvalue weighted by atomic mass is 10.1. The predicted octanol–water partition coefficient (Wildman–Crippen LogP) is 5.01. The molecule has 0 saturated heterocycles. The average molecular weight is 385 g/mol. The fraction of sp³-hybridized carbons (Fsp3) is 0.238. The molecule has 0 bridgehead atoms. The van der Waals surface area contributed by atoms with Crippen molar-refractivity contribution in [2.24, 2.45) is 0 Å². The number of nitrogens with zero attached hydrogens (tertiary/aromatic N) is 1. The van der Waals surface area contributed by atoms with Crippen LogP contribution in [0.25, 0.3) is 0 Å². The number of hydrogen-bond acceptors (Lipinski definition) is 4. The summed E-state index contributed by atoms with van der Waals surface area (Å²) in [6, 6.07) is 14.4. The smallest absolute Gasteiger partial charge is 0.255 e. The van der Waals surface area contributed by atoms with Gasteiger partial charge in [-0.3, -0.25) is 4.79 Å². The van der Waals surface area contributed by atoms with Crippen molar-refractivity contribution in [3.8, 4) is 5.75 Å². The Morgan fingerprint density at radius 3 is 2.70 bits per heavy atom. The Morgan fingerprint density at radius 1 is 1.22 bits per heavy atom. The number of aryl methyl sites for hydroxylation is 2. The lowest BCUT2D eigenvalue weighted by Gasteiger charge is -2.16. The van der Waals surface area contributed by atoms with Gasteiger partial charge in [-0.25, -0.2) is 0 Å². The van der Waals surface area contributed by atoms with Crippen molar-refractivity contribution in [1.82, 2.24) is 10.5 Å². The van der Waals surface area contributed by atoms with Crippen molar-refractivity contribution < 1.29 is 14.1 Å². The number of halogens is 1. The van der Waals surface area contributed by atoms with E-state index in [0.717, 1.165) is 16.8 Å². The van der Waals surface area contributed by atoms with Crippen LogP contribution in [-0.4, -0.2) is 11.1 Å². The quantitative estimate of drug-likeness (QED) is 0.648. The van der Waals surface area contributed by atoms with Crippen molar-refractivity contribution in [3.05, 3.63) is 81.7 Å². The van der Waals surface area contributed by atoms with Gasteiger partial charge in [0.2, 0.25) is 0 Å². The zero-order valence-electron chi connectivity index (χ0n) is 15.5. The number of hydrogen-bond donors (Lipinski definition) is 1. The van der Waals surface area contributed by atoms with Gasteiger partial charge in [0.25, 0.3) is 5.91 Å². The van der Waals surface area contributed by atoms with Crippen LogP contribution in [0.3, 0.4) is 0 Å². The summed E-state index contributed by atoms with van der Waals surface area (Å²) >= 11 is 6.04. The minimum Gasteiger partial charge on any atom is -0.488 e. The molecule has 5 nitrogen and oxygen atoms in total. The average Bonchev–Trinajstić information content (AvgIpc) is 2.98. The third-order valence-corrected chi connectivity index (χ3v) is 4.62. The summed E-state index contributed by atoms with van der Waals surface area (Å²) in [6.45, 7) is 5.90. The van der Waals surface area contributed by atoms with Crippen LogP contribution in [0, 0.1) is 13.8 Å². The number of nitrogens with one attached hydrogen (secondary N) is 1. The largest absolute Gasteiger partial charge is 0.488 e. The van der Waals surface area contributed by atoms with Crippen LogP contribution < -0.4 is 10.1 Å². The maximum Gasteiger partial charge on any atom is 0.255 e. The highest BCUT2D eigenvalue weighted by molar-refractivity contribution is 6.30. The van der Waals surface area contributed by atoms with Crippen LogP contribution >= 0.6 is 11.6 Å². The molecule has 6 heteroatoms. The number of aromatic nitrogens is 1. The first kappa shape index (κ1) is 19.0. The molecule has 3 rings (SSSR count). The fourth-order valence-corrected chi connectivity index (χ4v) is 2.97. The number of para-hydroxylation sites is 1. The lowest BCUT2D eigenvalue weighted by Crippen LogP contribution is -2.27. The zero-order chi connectivity index (χ0) is 19.4. The van der Waals surface area contributed by atoms with Gasteiger partial charge in [-0.1, -0.05) is 41.0 Å². The molecule has 140 valence electrons. The highest BCUT2D eigenvalue weighted by Gasteiger charge is 2.17. The fourth-order valence-electron chi connectivity index (χ4n) is 2.77. The first-order valence-corrected chi connectivity index (χ1v) is 9.03. The minimum atomic E-state index is -0.211. The maximum absolute atomic E-state index is 12.8. The van der Waals surface area contributed by atoms with E-state index >= 15 is 0 Å². The molecule has 0 aliphatic carbocycles. The van der Waals surface area contributed by atoms with Crippen molar-refractivity contribution in [2.75, 3.05) is 0 Å². The highest BCUT2D eigenvalue weighted by atomic mass is 35.5. The summed E-state index contributed by atoms with van der Waals surface area (Å²) in [6.07, 6.45) is 0. The number of ether oxygens (including phenoxy) is 1. The Labute approximate surface area is 163 Å². The van der Waals surface area contributed by atoms with E-state index in [0.29, 0.717) is 22.1 Å². The van der Waals surface area contributed by atoms with E-state index < -0.39 is 0 Å². The molecule has 3 aromatic rings. The van der Waals surface area contributed by atoms with Crippen molar-refractivity contribution in [1.29, 1.82) is 0 Å². The van der Waals surface area contributed by atoms with Crippen molar-refractivity contribution in [3.63, 3.8) is 0 Å². The van der Waals surface area contributed by atoms with Crippen molar-refractivity contribution in [2.45, 2.75) is 33.4 Å². The topological polar surface area (TPSA) is 64.4 Å². The summed E-state index contributed by atoms with van der Waals surface area (Å²) in [5, 5.41) is 7.54. The summed E-state index contributed by atoms with van der Waals surface area (Å²) in [7, 11) is 0. The van der Waals surface area contributed by atoms with Crippen LogP contribution in [0.4, 0.5) is 0 Å². The highest BCUT2D eigenvalue weighted by Crippen LogP contribution is 2.23. The number of benzene rings is 2. The first-order valence-electron chi connectivity index (χ1n) is 8.65. The van der Waals surface area contributed by atoms with E-state index in [1.807, 2.05) is 51.1 Å². The number of amides is 1. The van der Waals surface area contributed by atoms with Gasteiger partial charge in [0.15, 0.2) is 0 Å². The van der Waals surface area contributed by atoms with Gasteiger partial charge in [0.05, 0.1) is 22.9 Å². The van der Waals surface area contributed by atoms with Gasteiger partial charge in [0.1, 0.15) is 18.1 Å². The van der Waals surface area contributed by atoms with Gasteiger partial charge in [-0.2, -0.15) is 0 Å². The molecule has 1 aromatic heterocycles. The second-order valence-corrected chi connectivity index (χ2v) is 6.77. The van der Waals surface area contributed by atoms with Gasteiger partial charge >= 0.3 is 0 Å². The third kappa shape index (κ3) is 4.49. The zero-order valence-corrected chi connectivity index (χ0v) is 16.2. The van der Waals surface area contributed by atoms with Gasteiger partial charge in [-0.05, 0) is 50.6 Å². The normalized spacial score (nSPS) is 11.9. The summed E-state index contributed by atoms with van der Waals surface area (Å²) < 4.78 is 11.0. The Bertz CT molecular complexity index is 933. The number of rotatable bonds is 6. The molecule has 1 N–H and O–H groups in total. The van der Waals surface area contributed by atoms with E-state index in [9.17, 15) is 4.79 Å². The minimum absolute atomic E-state index is 0.188. The van der Waals surface area contributed by atoms with Crippen LogP contribution in [0.1, 0.15) is 45.9 Å². The second kappa shape index (κ2) is 8.27. The van der Waals surface area contributed by atoms with E-state index in [2.05, 4.69) is 10.5 Å². The monoisotopic (exact) mass is 384 g/mol. The van der Waals surface area contributed by atoms with E-state index in [1.54, 1.807) is 18.2 Å². The Balaban J connectivity index is 1.73. The number of carbonyl (C=O) groups is 1. The number of carbonyl (C=O) groups excluding carboxylic acids is 1. The molecule has 0 spiro atoms. The molecular weight excluding hydrogens is 364 g/mol. The second-order valence-electron chi connectivity index (χ2n) is 6.34. The molecule has 1 unspecified atom stereocenters. The lowest BCUT2D eigenvalue weighted by molar-refractivity contribution is 0.0935. The SMILES string of the molecule is Cc1noc(C)c1COc1ccccc1C(=O)NC(C)c1cccc(Cl)c1. The Morgan fingerprint density at radius 2 is 2.00 bits per heavy atom. The molecule has 0 aliphatic heterocycles. The molecule has 0 radical (unpaired) electrons. The molecule has 0 fully saturated rings. The Kier molecular flexibility index (Phi) is 5.81. The van der Waals surface area contributed by atoms with Crippen LogP contribution in [0.2, 0.25) is 5.02 Å². The van der Waals surface area contributed by atoms with Crippen LogP contribution in [0.15, 0.2) is 53.1 Å². The van der Waals surface area contributed by atoms with Gasteiger partial charge in [0, 0.05) is 5.02 Å². The molecule has 1 atom stereocenters. The van der Waals surface area contributed by atoms with Gasteiger partial charge in [-0.15, -0.1) is 0 Å². The molecule has 1 heterocycles. The molecule has 2 aromatic carbocycles. The summed E-state index contributed by atoms with van der Waals surface area (Å²) in [5.74, 6) is 1.01. The van der Waals surface area contributed by atoms with Crippen LogP contribution in [-0.2, 0) is 6.61 Å². The third-order valence-electron chi connectivity index (χ3n) is 4.38.